The monoisotopic (exact) mass is 378 g/mol. The van der Waals surface area contributed by atoms with Gasteiger partial charge in [0.1, 0.15) is 5.75 Å². The Kier molecular flexibility index (Phi) is 4.97. The first-order chi connectivity index (χ1) is 13.6. The van der Waals surface area contributed by atoms with Gasteiger partial charge in [0, 0.05) is 44.8 Å². The lowest BCUT2D eigenvalue weighted by Gasteiger charge is -2.36. The Morgan fingerprint density at radius 1 is 1.00 bits per heavy atom. The highest BCUT2D eigenvalue weighted by Gasteiger charge is 2.21. The molecular formula is C21H22N4O3. The second kappa shape index (κ2) is 7.72. The molecule has 1 aliphatic rings. The third kappa shape index (κ3) is 3.69. The van der Waals surface area contributed by atoms with Crippen molar-refractivity contribution in [3.8, 4) is 5.75 Å². The fourth-order valence-corrected chi connectivity index (χ4v) is 3.52. The molecule has 3 aromatic rings. The van der Waals surface area contributed by atoms with Crippen molar-refractivity contribution in [3.63, 3.8) is 0 Å². The molecular weight excluding hydrogens is 356 g/mol. The molecule has 0 aliphatic carbocycles. The van der Waals surface area contributed by atoms with Crippen molar-refractivity contribution < 1.29 is 9.90 Å². The minimum atomic E-state index is -0.115. The van der Waals surface area contributed by atoms with E-state index < -0.39 is 0 Å². The molecule has 4 rings (SSSR count). The highest BCUT2D eigenvalue weighted by atomic mass is 16.3. The summed E-state index contributed by atoms with van der Waals surface area (Å²) in [5.74, 6) is 0.293. The van der Waals surface area contributed by atoms with E-state index in [1.54, 1.807) is 24.3 Å². The SMILES string of the molecule is O=C(CCn1cnc2ccccc2c1=O)N1CCN(c2ccc(O)cc2)CC1. The first-order valence-electron chi connectivity index (χ1n) is 9.38. The van der Waals surface area contributed by atoms with Crippen LogP contribution >= 0.6 is 0 Å². The molecule has 28 heavy (non-hydrogen) atoms. The normalized spacial score (nSPS) is 14.4. The molecule has 0 atom stereocenters. The van der Waals surface area contributed by atoms with E-state index in [0.29, 0.717) is 30.5 Å². The van der Waals surface area contributed by atoms with E-state index in [2.05, 4.69) is 9.88 Å². The van der Waals surface area contributed by atoms with Crippen LogP contribution in [0.15, 0.2) is 59.7 Å². The maximum absolute atomic E-state index is 12.6. The number of carbonyl (C=O) groups excluding carboxylic acids is 1. The Bertz CT molecular complexity index is 1040. The van der Waals surface area contributed by atoms with Crippen molar-refractivity contribution in [2.75, 3.05) is 31.1 Å². The van der Waals surface area contributed by atoms with Gasteiger partial charge in [-0.1, -0.05) is 12.1 Å². The Labute approximate surface area is 162 Å². The van der Waals surface area contributed by atoms with Gasteiger partial charge in [-0.25, -0.2) is 4.98 Å². The summed E-state index contributed by atoms with van der Waals surface area (Å²) >= 11 is 0. The number of nitrogens with zero attached hydrogens (tertiary/aromatic N) is 4. The van der Waals surface area contributed by atoms with Crippen LogP contribution < -0.4 is 10.5 Å². The Morgan fingerprint density at radius 2 is 1.71 bits per heavy atom. The lowest BCUT2D eigenvalue weighted by atomic mass is 10.2. The van der Waals surface area contributed by atoms with Gasteiger partial charge < -0.3 is 14.9 Å². The zero-order valence-electron chi connectivity index (χ0n) is 15.5. The minimum Gasteiger partial charge on any atom is -0.508 e. The summed E-state index contributed by atoms with van der Waals surface area (Å²) in [6.45, 7) is 3.10. The summed E-state index contributed by atoms with van der Waals surface area (Å²) in [5.41, 5.74) is 1.59. The van der Waals surface area contributed by atoms with Crippen LogP contribution in [-0.2, 0) is 11.3 Å². The second-order valence-electron chi connectivity index (χ2n) is 6.89. The summed E-state index contributed by atoms with van der Waals surface area (Å²) in [6.07, 6.45) is 1.79. The van der Waals surface area contributed by atoms with Crippen LogP contribution in [0.2, 0.25) is 0 Å². The number of anilines is 1. The molecule has 144 valence electrons. The Morgan fingerprint density at radius 3 is 2.46 bits per heavy atom. The molecule has 1 aromatic heterocycles. The highest BCUT2D eigenvalue weighted by Crippen LogP contribution is 2.20. The van der Waals surface area contributed by atoms with Gasteiger partial charge in [0.25, 0.3) is 5.56 Å². The van der Waals surface area contributed by atoms with Gasteiger partial charge in [-0.2, -0.15) is 0 Å². The standard InChI is InChI=1S/C21H22N4O3/c26-17-7-5-16(6-8-17)23-11-13-24(14-12-23)20(27)9-10-25-15-22-19-4-2-1-3-18(19)21(25)28/h1-8,15,26H,9-14H2. The van der Waals surface area contributed by atoms with Crippen LogP contribution in [0.25, 0.3) is 10.9 Å². The number of carbonyl (C=O) groups is 1. The predicted molar refractivity (Wildman–Crippen MR) is 108 cm³/mol. The number of piperazine rings is 1. The molecule has 0 saturated carbocycles. The molecule has 2 heterocycles. The van der Waals surface area contributed by atoms with Gasteiger partial charge in [-0.05, 0) is 36.4 Å². The van der Waals surface area contributed by atoms with Crippen molar-refractivity contribution in [2.24, 2.45) is 0 Å². The maximum Gasteiger partial charge on any atom is 0.261 e. The Balaban J connectivity index is 1.34. The zero-order chi connectivity index (χ0) is 19.5. The summed E-state index contributed by atoms with van der Waals surface area (Å²) in [5, 5.41) is 9.97. The van der Waals surface area contributed by atoms with Gasteiger partial charge in [0.2, 0.25) is 5.91 Å². The average molecular weight is 378 g/mol. The molecule has 0 unspecified atom stereocenters. The minimum absolute atomic E-state index is 0.0467. The number of rotatable bonds is 4. The molecule has 7 nitrogen and oxygen atoms in total. The molecule has 7 heteroatoms. The van der Waals surface area contributed by atoms with E-state index in [1.807, 2.05) is 29.2 Å². The van der Waals surface area contributed by atoms with Crippen LogP contribution in [0, 0.1) is 0 Å². The van der Waals surface area contributed by atoms with E-state index in [4.69, 9.17) is 0 Å². The largest absolute Gasteiger partial charge is 0.508 e. The van der Waals surface area contributed by atoms with Crippen molar-refractivity contribution in [1.29, 1.82) is 0 Å². The van der Waals surface area contributed by atoms with Gasteiger partial charge in [-0.15, -0.1) is 0 Å². The van der Waals surface area contributed by atoms with Gasteiger partial charge >= 0.3 is 0 Å². The first-order valence-corrected chi connectivity index (χ1v) is 9.38. The highest BCUT2D eigenvalue weighted by molar-refractivity contribution is 5.78. The summed E-state index contributed by atoms with van der Waals surface area (Å²) in [6, 6.07) is 14.3. The van der Waals surface area contributed by atoms with Crippen LogP contribution in [-0.4, -0.2) is 51.6 Å². The molecule has 0 bridgehead atoms. The molecule has 0 spiro atoms. The quantitative estimate of drug-likeness (QED) is 0.750. The molecule has 1 amide bonds. The number of aryl methyl sites for hydroxylation is 1. The third-order valence-corrected chi connectivity index (χ3v) is 5.15. The van der Waals surface area contributed by atoms with Gasteiger partial charge in [0.15, 0.2) is 0 Å². The fraction of sp³-hybridized carbons (Fsp3) is 0.286. The third-order valence-electron chi connectivity index (χ3n) is 5.15. The number of para-hydroxylation sites is 1. The van der Waals surface area contributed by atoms with Gasteiger partial charge in [0.05, 0.1) is 17.2 Å². The second-order valence-corrected chi connectivity index (χ2v) is 6.89. The van der Waals surface area contributed by atoms with E-state index in [9.17, 15) is 14.7 Å². The van der Waals surface area contributed by atoms with Gasteiger partial charge in [-0.3, -0.25) is 14.2 Å². The van der Waals surface area contributed by atoms with E-state index >= 15 is 0 Å². The van der Waals surface area contributed by atoms with E-state index in [-0.39, 0.29) is 23.6 Å². The lowest BCUT2D eigenvalue weighted by Crippen LogP contribution is -2.49. The zero-order valence-corrected chi connectivity index (χ0v) is 15.5. The van der Waals surface area contributed by atoms with Crippen molar-refractivity contribution in [2.45, 2.75) is 13.0 Å². The maximum atomic E-state index is 12.6. The van der Waals surface area contributed by atoms with E-state index in [1.165, 1.54) is 10.9 Å². The number of hydrogen-bond donors (Lipinski definition) is 1. The lowest BCUT2D eigenvalue weighted by molar-refractivity contribution is -0.131. The molecule has 0 radical (unpaired) electrons. The summed E-state index contributed by atoms with van der Waals surface area (Å²) in [7, 11) is 0. The van der Waals surface area contributed by atoms with Crippen LogP contribution in [0.5, 0.6) is 5.75 Å². The first kappa shape index (κ1) is 18.0. The van der Waals surface area contributed by atoms with Crippen molar-refractivity contribution in [3.05, 3.63) is 65.2 Å². The van der Waals surface area contributed by atoms with Crippen LogP contribution in [0.1, 0.15) is 6.42 Å². The number of amides is 1. The average Bonchev–Trinajstić information content (AvgIpc) is 2.74. The number of aromatic hydroxyl groups is 1. The summed E-state index contributed by atoms with van der Waals surface area (Å²) < 4.78 is 1.51. The number of fused-ring (bicyclic) bond motifs is 1. The molecule has 1 saturated heterocycles. The van der Waals surface area contributed by atoms with Crippen LogP contribution in [0.4, 0.5) is 5.69 Å². The molecule has 1 fully saturated rings. The summed E-state index contributed by atoms with van der Waals surface area (Å²) in [4.78, 5) is 33.4. The van der Waals surface area contributed by atoms with Crippen molar-refractivity contribution in [1.82, 2.24) is 14.5 Å². The number of aromatic nitrogens is 2. The number of phenolic OH excluding ortho intramolecular Hbond substituents is 1. The smallest absolute Gasteiger partial charge is 0.261 e. The number of hydrogen-bond acceptors (Lipinski definition) is 5. The topological polar surface area (TPSA) is 78.7 Å². The van der Waals surface area contributed by atoms with Crippen LogP contribution in [0.3, 0.4) is 0 Å². The molecule has 2 aromatic carbocycles. The number of phenols is 1. The Hall–Kier alpha value is -3.35. The number of benzene rings is 2. The van der Waals surface area contributed by atoms with Crippen molar-refractivity contribution >= 4 is 22.5 Å². The predicted octanol–water partition coefficient (Wildman–Crippen LogP) is 1.84. The van der Waals surface area contributed by atoms with E-state index in [0.717, 1.165) is 18.8 Å². The molecule has 1 N–H and O–H groups in total. The molecule has 1 aliphatic heterocycles. The fourth-order valence-electron chi connectivity index (χ4n) is 3.52.